The molecule has 1 aliphatic rings. The van der Waals surface area contributed by atoms with Crippen LogP contribution >= 0.6 is 0 Å². The van der Waals surface area contributed by atoms with E-state index in [0.29, 0.717) is 11.3 Å². The zero-order valence-corrected chi connectivity index (χ0v) is 18.0. The third-order valence-electron chi connectivity index (χ3n) is 5.42. The molecule has 0 saturated heterocycles. The summed E-state index contributed by atoms with van der Waals surface area (Å²) in [4.78, 5) is 12.5. The largest absolute Gasteiger partial charge is 0.394 e. The topological polar surface area (TPSA) is 81.6 Å². The third-order valence-corrected chi connectivity index (χ3v) is 5.42. The highest BCUT2D eigenvalue weighted by atomic mass is 16.3. The van der Waals surface area contributed by atoms with E-state index >= 15 is 0 Å². The number of rotatable bonds is 8. The molecule has 5 heteroatoms. The van der Waals surface area contributed by atoms with E-state index in [4.69, 9.17) is 0 Å². The van der Waals surface area contributed by atoms with Crippen LogP contribution in [0.2, 0.25) is 0 Å². The van der Waals surface area contributed by atoms with Gasteiger partial charge < -0.3 is 20.8 Å². The van der Waals surface area contributed by atoms with E-state index in [9.17, 15) is 15.0 Å². The van der Waals surface area contributed by atoms with E-state index in [1.807, 2.05) is 32.0 Å². The maximum atomic E-state index is 12.5. The van der Waals surface area contributed by atoms with Crippen molar-refractivity contribution in [1.82, 2.24) is 5.32 Å². The fourth-order valence-corrected chi connectivity index (χ4v) is 3.59. The predicted octanol–water partition coefficient (Wildman–Crippen LogP) is 3.75. The molecule has 5 nitrogen and oxygen atoms in total. The van der Waals surface area contributed by atoms with Gasteiger partial charge in [0.05, 0.1) is 12.6 Å². The summed E-state index contributed by atoms with van der Waals surface area (Å²) in [5.74, 6) is 6.27. The lowest BCUT2D eigenvalue weighted by molar-refractivity contribution is -0.125. The fourth-order valence-electron chi connectivity index (χ4n) is 3.59. The van der Waals surface area contributed by atoms with Crippen molar-refractivity contribution >= 4 is 11.6 Å². The standard InChI is InChI=1S/C24H36N2O3/c1-4-5-6-7-8-9-10-11-12-18-13-14-20-19(15-18)23(28)21(16-27)26-24(29)22(25-20)17(2)3/h13-15,17,21-23,25,27-28H,4-10,16H2,1-3H3,(H,26,29)/t21-,22+,23+/m1/s1. The lowest BCUT2D eigenvalue weighted by atomic mass is 9.94. The van der Waals surface area contributed by atoms with Crippen molar-refractivity contribution in [3.05, 3.63) is 29.3 Å². The van der Waals surface area contributed by atoms with Crippen molar-refractivity contribution in [2.45, 2.75) is 83.9 Å². The molecule has 0 unspecified atom stereocenters. The van der Waals surface area contributed by atoms with Crippen LogP contribution in [0.4, 0.5) is 5.69 Å². The highest BCUT2D eigenvalue weighted by Crippen LogP contribution is 2.30. The lowest BCUT2D eigenvalue weighted by Gasteiger charge is -2.33. The molecule has 0 aliphatic carbocycles. The number of amides is 1. The van der Waals surface area contributed by atoms with Gasteiger partial charge in [0.25, 0.3) is 0 Å². The third kappa shape index (κ3) is 6.76. The Morgan fingerprint density at radius 3 is 2.52 bits per heavy atom. The molecule has 1 aliphatic heterocycles. The number of anilines is 1. The van der Waals surface area contributed by atoms with Crippen LogP contribution in [0.1, 0.15) is 82.9 Å². The second kappa shape index (κ2) is 11.8. The van der Waals surface area contributed by atoms with Gasteiger partial charge in [0.15, 0.2) is 0 Å². The predicted molar refractivity (Wildman–Crippen MR) is 118 cm³/mol. The second-order valence-corrected chi connectivity index (χ2v) is 8.23. The Balaban J connectivity index is 2.11. The number of aliphatic hydroxyl groups excluding tert-OH is 2. The Kier molecular flexibility index (Phi) is 9.50. The number of hydrogen-bond acceptors (Lipinski definition) is 4. The van der Waals surface area contributed by atoms with Crippen LogP contribution in [0.3, 0.4) is 0 Å². The minimum absolute atomic E-state index is 0.0641. The first kappa shape index (κ1) is 23.3. The van der Waals surface area contributed by atoms with E-state index < -0.39 is 18.2 Å². The molecular weight excluding hydrogens is 364 g/mol. The summed E-state index contributed by atoms with van der Waals surface area (Å²) in [5.41, 5.74) is 2.20. The van der Waals surface area contributed by atoms with E-state index in [2.05, 4.69) is 29.4 Å². The smallest absolute Gasteiger partial charge is 0.243 e. The summed E-state index contributed by atoms with van der Waals surface area (Å²) in [5, 5.41) is 26.4. The highest BCUT2D eigenvalue weighted by molar-refractivity contribution is 5.86. The normalized spacial score (nSPS) is 21.3. The van der Waals surface area contributed by atoms with Crippen LogP contribution in [0.15, 0.2) is 18.2 Å². The summed E-state index contributed by atoms with van der Waals surface area (Å²) < 4.78 is 0. The minimum atomic E-state index is -1.00. The van der Waals surface area contributed by atoms with Gasteiger partial charge >= 0.3 is 0 Å². The molecule has 2 rings (SSSR count). The van der Waals surface area contributed by atoms with Crippen molar-refractivity contribution in [3.63, 3.8) is 0 Å². The van der Waals surface area contributed by atoms with Gasteiger partial charge in [0.1, 0.15) is 12.1 Å². The molecule has 160 valence electrons. The van der Waals surface area contributed by atoms with Crippen molar-refractivity contribution < 1.29 is 15.0 Å². The van der Waals surface area contributed by atoms with Crippen LogP contribution in [-0.2, 0) is 4.79 Å². The first-order chi connectivity index (χ1) is 14.0. The molecule has 0 radical (unpaired) electrons. The number of carbonyl (C=O) groups excluding carboxylic acids is 1. The van der Waals surface area contributed by atoms with Gasteiger partial charge in [-0.15, -0.1) is 0 Å². The number of carbonyl (C=O) groups is 1. The number of unbranched alkanes of at least 4 members (excludes halogenated alkanes) is 6. The average molecular weight is 401 g/mol. The van der Waals surface area contributed by atoms with Crippen molar-refractivity contribution in [3.8, 4) is 11.8 Å². The van der Waals surface area contributed by atoms with Crippen LogP contribution in [-0.4, -0.2) is 34.8 Å². The first-order valence-electron chi connectivity index (χ1n) is 11.0. The number of aliphatic hydroxyl groups is 2. The SMILES string of the molecule is CCCCCCCCC#Cc1ccc2c(c1)[C@H](O)[C@@H](CO)NC(=O)[C@H](C(C)C)N2. The van der Waals surface area contributed by atoms with Crippen molar-refractivity contribution in [2.75, 3.05) is 11.9 Å². The summed E-state index contributed by atoms with van der Waals surface area (Å²) in [7, 11) is 0. The van der Waals surface area contributed by atoms with E-state index in [-0.39, 0.29) is 18.4 Å². The molecular formula is C24H36N2O3. The van der Waals surface area contributed by atoms with Crippen LogP contribution in [0, 0.1) is 17.8 Å². The summed E-state index contributed by atoms with van der Waals surface area (Å²) in [6, 6.07) is 4.47. The number of benzene rings is 1. The zero-order chi connectivity index (χ0) is 21.2. The molecule has 1 aromatic rings. The van der Waals surface area contributed by atoms with E-state index in [1.54, 1.807) is 0 Å². The Morgan fingerprint density at radius 1 is 1.10 bits per heavy atom. The highest BCUT2D eigenvalue weighted by Gasteiger charge is 2.32. The Bertz CT molecular complexity index is 721. The van der Waals surface area contributed by atoms with E-state index in [0.717, 1.165) is 18.4 Å². The summed E-state index contributed by atoms with van der Waals surface area (Å²) in [6.07, 6.45) is 7.35. The van der Waals surface area contributed by atoms with Crippen molar-refractivity contribution in [2.24, 2.45) is 5.92 Å². The molecule has 0 spiro atoms. The molecule has 29 heavy (non-hydrogen) atoms. The van der Waals surface area contributed by atoms with Crippen molar-refractivity contribution in [1.29, 1.82) is 0 Å². The number of fused-ring (bicyclic) bond motifs is 1. The summed E-state index contributed by atoms with van der Waals surface area (Å²) >= 11 is 0. The van der Waals surface area contributed by atoms with Gasteiger partial charge in [-0.3, -0.25) is 4.79 Å². The molecule has 4 N–H and O–H groups in total. The molecule has 1 aromatic carbocycles. The minimum Gasteiger partial charge on any atom is -0.394 e. The Labute approximate surface area is 175 Å². The van der Waals surface area contributed by atoms with Crippen LogP contribution in [0.5, 0.6) is 0 Å². The van der Waals surface area contributed by atoms with Gasteiger partial charge in [-0.1, -0.05) is 64.7 Å². The Morgan fingerprint density at radius 2 is 1.83 bits per heavy atom. The molecule has 0 bridgehead atoms. The molecule has 1 amide bonds. The van der Waals surface area contributed by atoms with Gasteiger partial charge in [0.2, 0.25) is 5.91 Å². The second-order valence-electron chi connectivity index (χ2n) is 8.23. The summed E-state index contributed by atoms with van der Waals surface area (Å²) in [6.45, 7) is 5.82. The number of hydrogen-bond donors (Lipinski definition) is 4. The van der Waals surface area contributed by atoms with Crippen LogP contribution < -0.4 is 10.6 Å². The fraction of sp³-hybridized carbons (Fsp3) is 0.625. The average Bonchev–Trinajstić information content (AvgIpc) is 2.70. The molecule has 1 heterocycles. The number of nitrogens with one attached hydrogen (secondary N) is 2. The van der Waals surface area contributed by atoms with Crippen LogP contribution in [0.25, 0.3) is 0 Å². The maximum Gasteiger partial charge on any atom is 0.243 e. The van der Waals surface area contributed by atoms with Gasteiger partial charge in [-0.2, -0.15) is 0 Å². The van der Waals surface area contributed by atoms with Gasteiger partial charge in [0, 0.05) is 23.2 Å². The van der Waals surface area contributed by atoms with Gasteiger partial charge in [-0.25, -0.2) is 0 Å². The maximum absolute atomic E-state index is 12.5. The first-order valence-corrected chi connectivity index (χ1v) is 11.0. The Hall–Kier alpha value is -2.03. The van der Waals surface area contributed by atoms with E-state index in [1.165, 1.54) is 32.1 Å². The monoisotopic (exact) mass is 400 g/mol. The molecule has 0 aromatic heterocycles. The lowest BCUT2D eigenvalue weighted by Crippen LogP contribution is -2.52. The quantitative estimate of drug-likeness (QED) is 0.396. The molecule has 0 fully saturated rings. The zero-order valence-electron chi connectivity index (χ0n) is 18.0. The molecule has 3 atom stereocenters. The molecule has 0 saturated carbocycles. The van der Waals surface area contributed by atoms with Gasteiger partial charge in [-0.05, 0) is 30.5 Å².